The molecule has 0 bridgehead atoms. The Bertz CT molecular complexity index is 907. The number of hydrogen-bond acceptors (Lipinski definition) is 1. The normalized spacial score (nSPS) is 16.5. The molecule has 4 heteroatoms. The van der Waals surface area contributed by atoms with E-state index < -0.39 is 0 Å². The fraction of sp³-hybridized carbons (Fsp3) is 0.360. The fourth-order valence-electron chi connectivity index (χ4n) is 4.34. The third-order valence-corrected chi connectivity index (χ3v) is 7.54. The first-order chi connectivity index (χ1) is 12.8. The van der Waals surface area contributed by atoms with Gasteiger partial charge in [-0.25, -0.2) is 0 Å². The number of halogens is 2. The Hall–Kier alpha value is -0.986. The molecule has 29 heavy (non-hydrogen) atoms. The van der Waals surface area contributed by atoms with Gasteiger partial charge >= 0.3 is 175 Å². The Morgan fingerprint density at radius 2 is 1.52 bits per heavy atom. The molecule has 1 nitrogen and oxygen atoms in total. The second kappa shape index (κ2) is 10.9. The van der Waals surface area contributed by atoms with Gasteiger partial charge in [0.1, 0.15) is 0 Å². The summed E-state index contributed by atoms with van der Waals surface area (Å²) in [7, 11) is 0. The van der Waals surface area contributed by atoms with E-state index in [2.05, 4.69) is 94.7 Å². The second-order valence-electron chi connectivity index (χ2n) is 8.03. The standard InChI is InChI=1S/C16H19.C9H12N.2ClH.Ti/c1-5-14-8-6-7-9-15(14)16-12(3)10-11(2)13(16)4;1-6-4-7(2)9(10)8(3)5-6;;;/h5-10,12H,1-4H3;4-5,10H,1-3H3;2*1H;/q;-1;;;+1. The number of rotatable bonds is 5. The first-order valence-electron chi connectivity index (χ1n) is 9.87. The summed E-state index contributed by atoms with van der Waals surface area (Å²) in [6.07, 6.45) is 2.40. The maximum Gasteiger partial charge on any atom is -0.147 e. The van der Waals surface area contributed by atoms with Crippen molar-refractivity contribution in [3.8, 4) is 0 Å². The van der Waals surface area contributed by atoms with Gasteiger partial charge in [0, 0.05) is 0 Å². The molecule has 0 aliphatic heterocycles. The molecule has 0 fully saturated rings. The minimum absolute atomic E-state index is 0. The fourth-order valence-corrected chi connectivity index (χ4v) is 6.15. The zero-order valence-corrected chi connectivity index (χ0v) is 21.7. The maximum absolute atomic E-state index is 3.85. The summed E-state index contributed by atoms with van der Waals surface area (Å²) >= 11 is -0.357. The molecule has 1 aliphatic carbocycles. The molecule has 0 saturated heterocycles. The van der Waals surface area contributed by atoms with Crippen LogP contribution in [0, 0.1) is 26.7 Å². The summed E-state index contributed by atoms with van der Waals surface area (Å²) in [5.41, 5.74) is 12.8. The molecule has 0 aromatic heterocycles. The smallest absolute Gasteiger partial charge is 0.147 e. The largest absolute Gasteiger partial charge is 0.147 e. The van der Waals surface area contributed by atoms with Crippen LogP contribution in [0.2, 0.25) is 0 Å². The van der Waals surface area contributed by atoms with Crippen LogP contribution in [-0.4, -0.2) is 0 Å². The van der Waals surface area contributed by atoms with Crippen molar-refractivity contribution in [2.45, 2.75) is 52.7 Å². The van der Waals surface area contributed by atoms with Crippen LogP contribution in [0.15, 0.2) is 53.6 Å². The van der Waals surface area contributed by atoms with Crippen molar-refractivity contribution in [1.82, 2.24) is 0 Å². The molecule has 1 N–H and O–H groups in total. The number of hydrogen-bond donors (Lipinski definition) is 1. The van der Waals surface area contributed by atoms with Crippen LogP contribution in [0.4, 0.5) is 5.69 Å². The topological polar surface area (TPSA) is 12.0 Å². The average molecular weight is 466 g/mol. The molecule has 0 spiro atoms. The minimum atomic E-state index is -0.357. The third-order valence-electron chi connectivity index (χ3n) is 5.76. The van der Waals surface area contributed by atoms with Crippen LogP contribution in [0.3, 0.4) is 0 Å². The molecule has 0 amide bonds. The molecular formula is C25H33Cl2NTi. The molecule has 2 atom stereocenters. The molecule has 1 aliphatic rings. The van der Waals surface area contributed by atoms with Crippen molar-refractivity contribution in [2.24, 2.45) is 5.92 Å². The monoisotopic (exact) mass is 465 g/mol. The van der Waals surface area contributed by atoms with Gasteiger partial charge in [0.05, 0.1) is 0 Å². The quantitative estimate of drug-likeness (QED) is 0.441. The predicted molar refractivity (Wildman–Crippen MR) is 129 cm³/mol. The minimum Gasteiger partial charge on any atom is -0.147 e. The molecule has 0 radical (unpaired) electrons. The SMILES string of the molecule is CC1=CC(C)C(c2ccccc2[CH](C)[Ti][NH]c2c(C)cc(C)cc2C)=C1C.Cl.Cl. The average Bonchev–Trinajstić information content (AvgIpc) is 2.86. The van der Waals surface area contributed by atoms with Gasteiger partial charge in [-0.1, -0.05) is 0 Å². The number of benzene rings is 2. The molecule has 156 valence electrons. The Kier molecular flexibility index (Phi) is 9.76. The van der Waals surface area contributed by atoms with E-state index in [1.54, 1.807) is 0 Å². The van der Waals surface area contributed by atoms with Crippen molar-refractivity contribution in [2.75, 3.05) is 3.80 Å². The van der Waals surface area contributed by atoms with E-state index in [1.165, 1.54) is 50.2 Å². The van der Waals surface area contributed by atoms with Crippen LogP contribution in [0.5, 0.6) is 0 Å². The summed E-state index contributed by atoms with van der Waals surface area (Å²) in [4.78, 5) is 0. The Morgan fingerprint density at radius 1 is 0.931 bits per heavy atom. The van der Waals surface area contributed by atoms with Crippen molar-refractivity contribution < 1.29 is 19.4 Å². The van der Waals surface area contributed by atoms with Gasteiger partial charge in [-0.05, 0) is 0 Å². The van der Waals surface area contributed by atoms with Crippen LogP contribution >= 0.6 is 24.8 Å². The zero-order valence-electron chi connectivity index (χ0n) is 18.5. The summed E-state index contributed by atoms with van der Waals surface area (Å²) in [5.74, 6) is 0.507. The molecule has 2 unspecified atom stereocenters. The van der Waals surface area contributed by atoms with Gasteiger partial charge in [-0.15, -0.1) is 24.8 Å². The van der Waals surface area contributed by atoms with E-state index in [0.717, 1.165) is 0 Å². The molecule has 3 rings (SSSR count). The Labute approximate surface area is 198 Å². The molecular weight excluding hydrogens is 433 g/mol. The van der Waals surface area contributed by atoms with E-state index in [0.29, 0.717) is 10.1 Å². The van der Waals surface area contributed by atoms with E-state index >= 15 is 0 Å². The zero-order chi connectivity index (χ0) is 19.7. The van der Waals surface area contributed by atoms with Gasteiger partial charge < -0.3 is 0 Å². The van der Waals surface area contributed by atoms with Gasteiger partial charge in [0.2, 0.25) is 0 Å². The van der Waals surface area contributed by atoms with E-state index in [9.17, 15) is 0 Å². The first kappa shape index (κ1) is 26.0. The maximum atomic E-state index is 3.85. The second-order valence-corrected chi connectivity index (χ2v) is 10.2. The predicted octanol–water partition coefficient (Wildman–Crippen LogP) is 8.00. The Balaban J connectivity index is 0.00000210. The summed E-state index contributed by atoms with van der Waals surface area (Å²) < 4.78 is 4.42. The summed E-state index contributed by atoms with van der Waals surface area (Å²) in [5, 5.41) is 0. The summed E-state index contributed by atoms with van der Waals surface area (Å²) in [6, 6.07) is 13.6. The number of anilines is 1. The van der Waals surface area contributed by atoms with E-state index in [-0.39, 0.29) is 44.2 Å². The van der Waals surface area contributed by atoms with Gasteiger partial charge in [-0.2, -0.15) is 0 Å². The summed E-state index contributed by atoms with van der Waals surface area (Å²) in [6.45, 7) is 15.8. The van der Waals surface area contributed by atoms with Crippen molar-refractivity contribution in [3.63, 3.8) is 0 Å². The number of aryl methyl sites for hydroxylation is 3. The van der Waals surface area contributed by atoms with Gasteiger partial charge in [0.25, 0.3) is 0 Å². The number of allylic oxidation sites excluding steroid dienone is 4. The van der Waals surface area contributed by atoms with Gasteiger partial charge in [0.15, 0.2) is 0 Å². The molecule has 2 aromatic carbocycles. The van der Waals surface area contributed by atoms with Crippen molar-refractivity contribution >= 4 is 36.1 Å². The van der Waals surface area contributed by atoms with Crippen molar-refractivity contribution in [1.29, 1.82) is 0 Å². The van der Waals surface area contributed by atoms with Crippen LogP contribution < -0.4 is 3.80 Å². The Morgan fingerprint density at radius 3 is 2.07 bits per heavy atom. The molecule has 0 saturated carbocycles. The first-order valence-corrected chi connectivity index (χ1v) is 11.6. The molecule has 2 aromatic rings. The van der Waals surface area contributed by atoms with Crippen molar-refractivity contribution in [3.05, 3.63) is 81.4 Å². The number of nitrogens with one attached hydrogen (secondary N) is 1. The molecule has 0 heterocycles. The van der Waals surface area contributed by atoms with Gasteiger partial charge in [-0.3, -0.25) is 0 Å². The van der Waals surface area contributed by atoms with Crippen LogP contribution in [0.25, 0.3) is 5.57 Å². The van der Waals surface area contributed by atoms with Crippen LogP contribution in [-0.2, 0) is 19.4 Å². The third kappa shape index (κ3) is 5.58. The van der Waals surface area contributed by atoms with E-state index in [1.807, 2.05) is 0 Å². The van der Waals surface area contributed by atoms with Crippen LogP contribution in [0.1, 0.15) is 59.7 Å². The van der Waals surface area contributed by atoms with E-state index in [4.69, 9.17) is 0 Å².